The average molecular weight is 393 g/mol. The summed E-state index contributed by atoms with van der Waals surface area (Å²) in [5.74, 6) is -1.13. The zero-order valence-electron chi connectivity index (χ0n) is 14.7. The Morgan fingerprint density at radius 1 is 1.07 bits per heavy atom. The molecule has 0 amide bonds. The van der Waals surface area contributed by atoms with Crippen molar-refractivity contribution in [3.63, 3.8) is 0 Å². The molecule has 1 heterocycles. The van der Waals surface area contributed by atoms with E-state index < -0.39 is 23.5 Å². The van der Waals surface area contributed by atoms with E-state index in [0.29, 0.717) is 11.1 Å². The highest BCUT2D eigenvalue weighted by Gasteiger charge is 2.30. The van der Waals surface area contributed by atoms with Crippen LogP contribution in [0.15, 0.2) is 48.5 Å². The lowest BCUT2D eigenvalue weighted by Gasteiger charge is -2.10. The topological polar surface area (TPSA) is 57.0 Å². The smallest absolute Gasteiger partial charge is 0.416 e. The molecular formula is C19H15F4N3O2. The van der Waals surface area contributed by atoms with Gasteiger partial charge in [0.25, 0.3) is 0 Å². The summed E-state index contributed by atoms with van der Waals surface area (Å²) in [7, 11) is 0. The molecule has 0 N–H and O–H groups in total. The lowest BCUT2D eigenvalue weighted by atomic mass is 10.1. The summed E-state index contributed by atoms with van der Waals surface area (Å²) in [6.45, 7) is 1.77. The Hall–Kier alpha value is -3.23. The summed E-state index contributed by atoms with van der Waals surface area (Å²) in [5.41, 5.74) is 0.420. The summed E-state index contributed by atoms with van der Waals surface area (Å²) >= 11 is 0. The van der Waals surface area contributed by atoms with E-state index in [2.05, 4.69) is 10.3 Å². The van der Waals surface area contributed by atoms with Gasteiger partial charge in [0.1, 0.15) is 11.5 Å². The molecule has 0 saturated heterocycles. The minimum absolute atomic E-state index is 0.0144. The standard InChI is InChI=1S/C19H15F4N3O2/c1-2-28-18(27)17-16(13-5-9-15(20)10-6-13)24-25-26(17)11-12-3-7-14(8-4-12)19(21,22)23/h3-10H,2,11H2,1H3. The first-order valence-electron chi connectivity index (χ1n) is 8.32. The maximum absolute atomic E-state index is 13.2. The van der Waals surface area contributed by atoms with E-state index in [-0.39, 0.29) is 24.5 Å². The first kappa shape index (κ1) is 19.5. The van der Waals surface area contributed by atoms with Crippen LogP contribution in [-0.4, -0.2) is 27.6 Å². The molecule has 0 unspecified atom stereocenters. The van der Waals surface area contributed by atoms with Crippen LogP contribution < -0.4 is 0 Å². The number of carbonyl (C=O) groups is 1. The van der Waals surface area contributed by atoms with E-state index in [9.17, 15) is 22.4 Å². The number of hydrogen-bond donors (Lipinski definition) is 0. The van der Waals surface area contributed by atoms with E-state index >= 15 is 0 Å². The lowest BCUT2D eigenvalue weighted by molar-refractivity contribution is -0.137. The van der Waals surface area contributed by atoms with Crippen LogP contribution in [0.2, 0.25) is 0 Å². The molecule has 1 aromatic heterocycles. The van der Waals surface area contributed by atoms with Crippen LogP contribution in [0.3, 0.4) is 0 Å². The van der Waals surface area contributed by atoms with Crippen LogP contribution in [0.25, 0.3) is 11.3 Å². The summed E-state index contributed by atoms with van der Waals surface area (Å²) in [4.78, 5) is 12.4. The van der Waals surface area contributed by atoms with Crippen molar-refractivity contribution in [3.05, 3.63) is 71.2 Å². The van der Waals surface area contributed by atoms with Crippen molar-refractivity contribution < 1.29 is 27.1 Å². The SMILES string of the molecule is CCOC(=O)c1c(-c2ccc(F)cc2)nnn1Cc1ccc(C(F)(F)F)cc1. The molecule has 0 spiro atoms. The first-order valence-corrected chi connectivity index (χ1v) is 8.32. The Bertz CT molecular complexity index is 964. The molecule has 0 bridgehead atoms. The highest BCUT2D eigenvalue weighted by Crippen LogP contribution is 2.29. The molecule has 3 rings (SSSR count). The van der Waals surface area contributed by atoms with Crippen molar-refractivity contribution in [3.8, 4) is 11.3 Å². The number of halogens is 4. The highest BCUT2D eigenvalue weighted by atomic mass is 19.4. The highest BCUT2D eigenvalue weighted by molar-refractivity contribution is 5.94. The summed E-state index contributed by atoms with van der Waals surface area (Å²) in [6.07, 6.45) is -4.43. The van der Waals surface area contributed by atoms with E-state index in [1.807, 2.05) is 0 Å². The second-order valence-electron chi connectivity index (χ2n) is 5.87. The number of esters is 1. The van der Waals surface area contributed by atoms with Crippen molar-refractivity contribution in [2.45, 2.75) is 19.6 Å². The Kier molecular flexibility index (Phi) is 5.43. The minimum atomic E-state index is -4.43. The van der Waals surface area contributed by atoms with Crippen molar-refractivity contribution >= 4 is 5.97 Å². The fourth-order valence-electron chi connectivity index (χ4n) is 2.60. The van der Waals surface area contributed by atoms with Gasteiger partial charge in [-0.1, -0.05) is 17.3 Å². The third-order valence-corrected chi connectivity index (χ3v) is 3.94. The predicted molar refractivity (Wildman–Crippen MR) is 91.9 cm³/mol. The number of hydrogen-bond acceptors (Lipinski definition) is 4. The van der Waals surface area contributed by atoms with Crippen LogP contribution >= 0.6 is 0 Å². The van der Waals surface area contributed by atoms with Gasteiger partial charge in [0.15, 0.2) is 5.69 Å². The number of aromatic nitrogens is 3. The van der Waals surface area contributed by atoms with Gasteiger partial charge < -0.3 is 4.74 Å². The van der Waals surface area contributed by atoms with E-state index in [0.717, 1.165) is 12.1 Å². The molecule has 3 aromatic rings. The fraction of sp³-hybridized carbons (Fsp3) is 0.211. The van der Waals surface area contributed by atoms with Crippen LogP contribution in [-0.2, 0) is 17.5 Å². The van der Waals surface area contributed by atoms with Crippen LogP contribution in [0.1, 0.15) is 28.5 Å². The normalized spacial score (nSPS) is 11.5. The molecule has 28 heavy (non-hydrogen) atoms. The number of rotatable bonds is 5. The number of benzene rings is 2. The van der Waals surface area contributed by atoms with Gasteiger partial charge >= 0.3 is 12.1 Å². The lowest BCUT2D eigenvalue weighted by Crippen LogP contribution is -2.15. The molecule has 0 saturated carbocycles. The number of ether oxygens (including phenoxy) is 1. The maximum atomic E-state index is 13.2. The average Bonchev–Trinajstić information content (AvgIpc) is 3.06. The number of nitrogens with zero attached hydrogens (tertiary/aromatic N) is 3. The Balaban J connectivity index is 1.96. The second kappa shape index (κ2) is 7.79. The molecule has 0 aliphatic carbocycles. The van der Waals surface area contributed by atoms with Gasteiger partial charge in [0.05, 0.1) is 18.7 Å². The van der Waals surface area contributed by atoms with Gasteiger partial charge in [-0.15, -0.1) is 5.10 Å². The van der Waals surface area contributed by atoms with Gasteiger partial charge in [-0.2, -0.15) is 13.2 Å². The fourth-order valence-corrected chi connectivity index (χ4v) is 2.60. The van der Waals surface area contributed by atoms with Crippen LogP contribution in [0.5, 0.6) is 0 Å². The van der Waals surface area contributed by atoms with Gasteiger partial charge in [-0.05, 0) is 48.9 Å². The minimum Gasteiger partial charge on any atom is -0.461 e. The third kappa shape index (κ3) is 4.19. The third-order valence-electron chi connectivity index (χ3n) is 3.94. The molecule has 0 radical (unpaired) electrons. The zero-order valence-corrected chi connectivity index (χ0v) is 14.7. The Morgan fingerprint density at radius 3 is 2.29 bits per heavy atom. The van der Waals surface area contributed by atoms with Gasteiger partial charge in [-0.25, -0.2) is 13.9 Å². The molecule has 0 fully saturated rings. The quantitative estimate of drug-likeness (QED) is 0.478. The Labute approximate surface area is 157 Å². The number of alkyl halides is 3. The van der Waals surface area contributed by atoms with Gasteiger partial charge in [0.2, 0.25) is 0 Å². The molecule has 0 aliphatic rings. The maximum Gasteiger partial charge on any atom is 0.416 e. The molecule has 146 valence electrons. The van der Waals surface area contributed by atoms with Crippen LogP contribution in [0.4, 0.5) is 17.6 Å². The van der Waals surface area contributed by atoms with Gasteiger partial charge in [-0.3, -0.25) is 0 Å². The molecule has 0 atom stereocenters. The summed E-state index contributed by atoms with van der Waals surface area (Å²) < 4.78 is 57.6. The first-order chi connectivity index (χ1) is 13.3. The molecular weight excluding hydrogens is 378 g/mol. The van der Waals surface area contributed by atoms with Crippen molar-refractivity contribution in [2.24, 2.45) is 0 Å². The van der Waals surface area contributed by atoms with E-state index in [1.165, 1.54) is 41.1 Å². The van der Waals surface area contributed by atoms with Crippen LogP contribution in [0, 0.1) is 5.82 Å². The molecule has 5 nitrogen and oxygen atoms in total. The summed E-state index contributed by atoms with van der Waals surface area (Å²) in [6, 6.07) is 9.86. The number of carbonyl (C=O) groups excluding carboxylic acids is 1. The Morgan fingerprint density at radius 2 is 1.71 bits per heavy atom. The van der Waals surface area contributed by atoms with E-state index in [4.69, 9.17) is 4.74 Å². The zero-order chi connectivity index (χ0) is 20.3. The second-order valence-corrected chi connectivity index (χ2v) is 5.87. The van der Waals surface area contributed by atoms with Crippen molar-refractivity contribution in [1.29, 1.82) is 0 Å². The molecule has 9 heteroatoms. The van der Waals surface area contributed by atoms with E-state index in [1.54, 1.807) is 6.92 Å². The molecule has 0 aliphatic heterocycles. The monoisotopic (exact) mass is 393 g/mol. The predicted octanol–water partition coefficient (Wildman–Crippen LogP) is 4.33. The summed E-state index contributed by atoms with van der Waals surface area (Å²) in [5, 5.41) is 7.92. The van der Waals surface area contributed by atoms with Crippen molar-refractivity contribution in [2.75, 3.05) is 6.61 Å². The largest absolute Gasteiger partial charge is 0.461 e. The van der Waals surface area contributed by atoms with Crippen molar-refractivity contribution in [1.82, 2.24) is 15.0 Å². The van der Waals surface area contributed by atoms with Gasteiger partial charge in [0, 0.05) is 5.56 Å². The molecule has 2 aromatic carbocycles.